The lowest BCUT2D eigenvalue weighted by Gasteiger charge is -2.09. The average Bonchev–Trinajstić information content (AvgIpc) is 2.65. The molecule has 3 aromatic rings. The second kappa shape index (κ2) is 7.30. The molecule has 0 N–H and O–H groups in total. The first-order valence-corrected chi connectivity index (χ1v) is 7.96. The summed E-state index contributed by atoms with van der Waals surface area (Å²) in [7, 11) is 4.73. The van der Waals surface area contributed by atoms with Crippen LogP contribution in [0.15, 0.2) is 51.7 Å². The number of hydrogen-bond acceptors (Lipinski definition) is 5. The van der Waals surface area contributed by atoms with Crippen molar-refractivity contribution in [3.8, 4) is 17.2 Å². The van der Waals surface area contributed by atoms with Gasteiger partial charge in [0.15, 0.2) is 16.9 Å². The number of hydrogen-bond donors (Lipinski definition) is 0. The predicted molar refractivity (Wildman–Crippen MR) is 96.0 cm³/mol. The van der Waals surface area contributed by atoms with Crippen LogP contribution in [0.2, 0.25) is 0 Å². The summed E-state index contributed by atoms with van der Waals surface area (Å²) in [4.78, 5) is 12.4. The molecule has 0 bridgehead atoms. The molecule has 0 spiro atoms. The number of fused-ring (bicyclic) bond motifs is 1. The van der Waals surface area contributed by atoms with Gasteiger partial charge in [-0.15, -0.1) is 0 Å². The maximum atomic E-state index is 12.4. The van der Waals surface area contributed by atoms with Gasteiger partial charge < -0.3 is 18.6 Å². The molecule has 2 aromatic carbocycles. The van der Waals surface area contributed by atoms with Crippen LogP contribution in [0.25, 0.3) is 11.0 Å². The molecule has 1 aromatic heterocycles. The molecule has 0 aliphatic heterocycles. The monoisotopic (exact) mass is 340 g/mol. The molecular weight excluding hydrogens is 320 g/mol. The Morgan fingerprint density at radius 1 is 0.880 bits per heavy atom. The van der Waals surface area contributed by atoms with Crippen molar-refractivity contribution < 1.29 is 18.6 Å². The Hall–Kier alpha value is -2.95. The fourth-order valence-corrected chi connectivity index (χ4v) is 2.75. The molecule has 5 nitrogen and oxygen atoms in total. The quantitative estimate of drug-likeness (QED) is 0.686. The van der Waals surface area contributed by atoms with Gasteiger partial charge in [0.05, 0.1) is 26.7 Å². The van der Waals surface area contributed by atoms with Gasteiger partial charge in [-0.1, -0.05) is 12.1 Å². The normalized spacial score (nSPS) is 10.7. The fourth-order valence-electron chi connectivity index (χ4n) is 2.75. The third-order valence-corrected chi connectivity index (χ3v) is 4.08. The molecule has 130 valence electrons. The summed E-state index contributed by atoms with van der Waals surface area (Å²) in [5, 5.41) is 0.475. The smallest absolute Gasteiger partial charge is 0.193 e. The molecule has 1 heterocycles. The standard InChI is InChI=1S/C20H20O5/c1-22-14-6-4-5-13(9-14)7-8-15-10-17(21)16-11-19(23-2)20(24-3)12-18(16)25-15/h4-6,9-12H,7-8H2,1-3H3. The number of methoxy groups -OCH3 is 3. The van der Waals surface area contributed by atoms with E-state index < -0.39 is 0 Å². The first kappa shape index (κ1) is 16.9. The fraction of sp³-hybridized carbons (Fsp3) is 0.250. The Morgan fingerprint density at radius 2 is 1.64 bits per heavy atom. The highest BCUT2D eigenvalue weighted by Crippen LogP contribution is 2.31. The van der Waals surface area contributed by atoms with Crippen LogP contribution in [0, 0.1) is 0 Å². The minimum absolute atomic E-state index is 0.0946. The molecule has 0 aliphatic carbocycles. The maximum Gasteiger partial charge on any atom is 0.193 e. The Labute approximate surface area is 145 Å². The molecule has 0 saturated carbocycles. The van der Waals surface area contributed by atoms with Crippen molar-refractivity contribution in [1.29, 1.82) is 0 Å². The van der Waals surface area contributed by atoms with Crippen molar-refractivity contribution in [1.82, 2.24) is 0 Å². The highest BCUT2D eigenvalue weighted by atomic mass is 16.5. The van der Waals surface area contributed by atoms with Crippen LogP contribution in [-0.4, -0.2) is 21.3 Å². The number of aryl methyl sites for hydroxylation is 2. The van der Waals surface area contributed by atoms with Crippen LogP contribution in [0.3, 0.4) is 0 Å². The largest absolute Gasteiger partial charge is 0.497 e. The zero-order chi connectivity index (χ0) is 17.8. The van der Waals surface area contributed by atoms with Gasteiger partial charge in [-0.05, 0) is 30.2 Å². The average molecular weight is 340 g/mol. The number of rotatable bonds is 6. The Kier molecular flexibility index (Phi) is 4.93. The zero-order valence-corrected chi connectivity index (χ0v) is 14.5. The summed E-state index contributed by atoms with van der Waals surface area (Å²) in [5.74, 6) is 2.48. The van der Waals surface area contributed by atoms with Crippen LogP contribution >= 0.6 is 0 Å². The first-order chi connectivity index (χ1) is 12.1. The summed E-state index contributed by atoms with van der Waals surface area (Å²) < 4.78 is 21.6. The van der Waals surface area contributed by atoms with Crippen LogP contribution in [0.1, 0.15) is 11.3 Å². The van der Waals surface area contributed by atoms with Crippen molar-refractivity contribution in [3.05, 3.63) is 64.0 Å². The number of ether oxygens (including phenoxy) is 3. The van der Waals surface area contributed by atoms with E-state index in [9.17, 15) is 4.79 Å². The van der Waals surface area contributed by atoms with Gasteiger partial charge in [-0.3, -0.25) is 4.79 Å². The summed E-state index contributed by atoms with van der Waals surface area (Å²) >= 11 is 0. The van der Waals surface area contributed by atoms with E-state index >= 15 is 0 Å². The van der Waals surface area contributed by atoms with E-state index in [1.54, 1.807) is 26.4 Å². The molecule has 0 radical (unpaired) electrons. The first-order valence-electron chi connectivity index (χ1n) is 7.96. The summed E-state index contributed by atoms with van der Waals surface area (Å²) in [6.07, 6.45) is 1.37. The predicted octanol–water partition coefficient (Wildman–Crippen LogP) is 3.60. The minimum atomic E-state index is -0.0946. The molecule has 0 aliphatic rings. The summed E-state index contributed by atoms with van der Waals surface area (Å²) in [5.41, 5.74) is 1.52. The van der Waals surface area contributed by atoms with Crippen LogP contribution in [0.4, 0.5) is 0 Å². The summed E-state index contributed by atoms with van der Waals surface area (Å²) in [6, 6.07) is 12.7. The van der Waals surface area contributed by atoms with Crippen molar-refractivity contribution >= 4 is 11.0 Å². The van der Waals surface area contributed by atoms with Gasteiger partial charge in [0, 0.05) is 18.6 Å². The van der Waals surface area contributed by atoms with Crippen molar-refractivity contribution in [3.63, 3.8) is 0 Å². The third kappa shape index (κ3) is 3.60. The molecule has 0 fully saturated rings. The van der Waals surface area contributed by atoms with Gasteiger partial charge in [-0.25, -0.2) is 0 Å². The summed E-state index contributed by atoms with van der Waals surface area (Å²) in [6.45, 7) is 0. The molecule has 0 atom stereocenters. The molecular formula is C20H20O5. The molecule has 0 amide bonds. The van der Waals surface area contributed by atoms with Crippen LogP contribution in [0.5, 0.6) is 17.2 Å². The highest BCUT2D eigenvalue weighted by Gasteiger charge is 2.11. The van der Waals surface area contributed by atoms with Crippen LogP contribution in [-0.2, 0) is 12.8 Å². The topological polar surface area (TPSA) is 57.9 Å². The molecule has 5 heteroatoms. The molecule has 3 rings (SSSR count). The Bertz CT molecular complexity index is 942. The van der Waals surface area contributed by atoms with Gasteiger partial charge in [0.2, 0.25) is 0 Å². The second-order valence-corrected chi connectivity index (χ2v) is 5.63. The van der Waals surface area contributed by atoms with Crippen LogP contribution < -0.4 is 19.6 Å². The van der Waals surface area contributed by atoms with E-state index in [0.717, 1.165) is 17.7 Å². The molecule has 0 unspecified atom stereocenters. The number of benzene rings is 2. The Balaban J connectivity index is 1.90. The van der Waals surface area contributed by atoms with Crippen molar-refractivity contribution in [2.45, 2.75) is 12.8 Å². The lowest BCUT2D eigenvalue weighted by atomic mass is 10.1. The van der Waals surface area contributed by atoms with E-state index in [1.165, 1.54) is 13.2 Å². The van der Waals surface area contributed by atoms with Crippen molar-refractivity contribution in [2.75, 3.05) is 21.3 Å². The van der Waals surface area contributed by atoms with E-state index in [1.807, 2.05) is 24.3 Å². The third-order valence-electron chi connectivity index (χ3n) is 4.08. The second-order valence-electron chi connectivity index (χ2n) is 5.63. The van der Waals surface area contributed by atoms with E-state index in [4.69, 9.17) is 18.6 Å². The molecule has 0 saturated heterocycles. The van der Waals surface area contributed by atoms with Crippen molar-refractivity contribution in [2.24, 2.45) is 0 Å². The minimum Gasteiger partial charge on any atom is -0.497 e. The van der Waals surface area contributed by atoms with E-state index in [0.29, 0.717) is 34.6 Å². The van der Waals surface area contributed by atoms with E-state index in [-0.39, 0.29) is 5.43 Å². The lowest BCUT2D eigenvalue weighted by Crippen LogP contribution is -2.04. The maximum absolute atomic E-state index is 12.4. The SMILES string of the molecule is COc1cccc(CCc2cc(=O)c3cc(OC)c(OC)cc3o2)c1. The highest BCUT2D eigenvalue weighted by molar-refractivity contribution is 5.80. The lowest BCUT2D eigenvalue weighted by molar-refractivity contribution is 0.355. The van der Waals surface area contributed by atoms with Gasteiger partial charge in [-0.2, -0.15) is 0 Å². The van der Waals surface area contributed by atoms with Gasteiger partial charge >= 0.3 is 0 Å². The van der Waals surface area contributed by atoms with Gasteiger partial charge in [0.1, 0.15) is 17.1 Å². The zero-order valence-electron chi connectivity index (χ0n) is 14.5. The Morgan fingerprint density at radius 3 is 2.36 bits per heavy atom. The molecule has 25 heavy (non-hydrogen) atoms. The van der Waals surface area contributed by atoms with Gasteiger partial charge in [0.25, 0.3) is 0 Å². The van der Waals surface area contributed by atoms with E-state index in [2.05, 4.69) is 0 Å².